The van der Waals surface area contributed by atoms with Crippen LogP contribution >= 0.6 is 0 Å². The van der Waals surface area contributed by atoms with Crippen molar-refractivity contribution in [1.29, 1.82) is 0 Å². The smallest absolute Gasteiger partial charge is 0.251 e. The number of carbonyl (C=O) groups is 1. The number of fused-ring (bicyclic) bond motifs is 1. The first-order valence-electron chi connectivity index (χ1n) is 6.74. The molecule has 0 bridgehead atoms. The van der Waals surface area contributed by atoms with Crippen LogP contribution in [-0.2, 0) is 4.74 Å². The highest BCUT2D eigenvalue weighted by Gasteiger charge is 2.06. The highest BCUT2D eigenvalue weighted by Crippen LogP contribution is 2.13. The van der Waals surface area contributed by atoms with Crippen molar-refractivity contribution >= 4 is 16.8 Å². The molecule has 1 aromatic heterocycles. The maximum atomic E-state index is 12.0. The number of H-pyrrole nitrogens is 1. The Hall–Kier alpha value is -1.85. The third-order valence-electron chi connectivity index (χ3n) is 3.03. The van der Waals surface area contributed by atoms with Gasteiger partial charge in [0.25, 0.3) is 5.91 Å². The third-order valence-corrected chi connectivity index (χ3v) is 3.03. The molecule has 5 nitrogen and oxygen atoms in total. The van der Waals surface area contributed by atoms with E-state index in [1.165, 1.54) is 0 Å². The largest absolute Gasteiger partial charge is 0.378 e. The summed E-state index contributed by atoms with van der Waals surface area (Å²) in [5.41, 5.74) is 1.63. The van der Waals surface area contributed by atoms with Crippen molar-refractivity contribution in [1.82, 2.24) is 15.2 Å². The van der Waals surface area contributed by atoms with E-state index >= 15 is 0 Å². The van der Waals surface area contributed by atoms with Gasteiger partial charge in [0.15, 0.2) is 0 Å². The SMILES string of the molecule is CN(C)CCOCCNC(=O)c1ccc2cc[nH]c2c1. The summed E-state index contributed by atoms with van der Waals surface area (Å²) in [6.45, 7) is 2.62. The Morgan fingerprint density at radius 3 is 2.95 bits per heavy atom. The van der Waals surface area contributed by atoms with Crippen molar-refractivity contribution in [2.24, 2.45) is 0 Å². The van der Waals surface area contributed by atoms with Gasteiger partial charge in [-0.3, -0.25) is 4.79 Å². The van der Waals surface area contributed by atoms with E-state index in [2.05, 4.69) is 15.2 Å². The van der Waals surface area contributed by atoms with Gasteiger partial charge in [-0.2, -0.15) is 0 Å². The van der Waals surface area contributed by atoms with E-state index in [0.29, 0.717) is 25.3 Å². The van der Waals surface area contributed by atoms with Gasteiger partial charge in [0.05, 0.1) is 13.2 Å². The lowest BCUT2D eigenvalue weighted by molar-refractivity contribution is 0.0900. The van der Waals surface area contributed by atoms with E-state index in [4.69, 9.17) is 4.74 Å². The van der Waals surface area contributed by atoms with Gasteiger partial charge in [-0.25, -0.2) is 0 Å². The van der Waals surface area contributed by atoms with Gasteiger partial charge in [0.2, 0.25) is 0 Å². The van der Waals surface area contributed by atoms with Gasteiger partial charge < -0.3 is 19.9 Å². The molecule has 1 amide bonds. The van der Waals surface area contributed by atoms with Crippen LogP contribution in [-0.4, -0.2) is 56.2 Å². The summed E-state index contributed by atoms with van der Waals surface area (Å²) in [7, 11) is 4.00. The summed E-state index contributed by atoms with van der Waals surface area (Å²) in [6.07, 6.45) is 1.87. The van der Waals surface area contributed by atoms with Crippen LogP contribution in [0.2, 0.25) is 0 Å². The van der Waals surface area contributed by atoms with Crippen LogP contribution in [0, 0.1) is 0 Å². The molecule has 1 aromatic carbocycles. The van der Waals surface area contributed by atoms with Crippen LogP contribution in [0.15, 0.2) is 30.5 Å². The maximum absolute atomic E-state index is 12.0. The van der Waals surface area contributed by atoms with E-state index in [1.54, 1.807) is 0 Å². The zero-order chi connectivity index (χ0) is 14.4. The number of amides is 1. The van der Waals surface area contributed by atoms with E-state index in [1.807, 2.05) is 44.6 Å². The number of rotatable bonds is 7. The van der Waals surface area contributed by atoms with Gasteiger partial charge in [0, 0.05) is 30.4 Å². The van der Waals surface area contributed by atoms with Gasteiger partial charge >= 0.3 is 0 Å². The molecule has 0 saturated heterocycles. The maximum Gasteiger partial charge on any atom is 0.251 e. The number of nitrogens with zero attached hydrogens (tertiary/aromatic N) is 1. The molecule has 2 aromatic rings. The van der Waals surface area contributed by atoms with Crippen LogP contribution in [0.4, 0.5) is 0 Å². The predicted octanol–water partition coefficient (Wildman–Crippen LogP) is 1.48. The number of hydrogen-bond donors (Lipinski definition) is 2. The second-order valence-corrected chi connectivity index (χ2v) is 4.95. The summed E-state index contributed by atoms with van der Waals surface area (Å²) >= 11 is 0. The van der Waals surface area contributed by atoms with E-state index in [9.17, 15) is 4.79 Å². The number of aromatic amines is 1. The number of aromatic nitrogens is 1. The summed E-state index contributed by atoms with van der Waals surface area (Å²) in [4.78, 5) is 17.1. The number of benzene rings is 1. The molecule has 108 valence electrons. The van der Waals surface area contributed by atoms with Gasteiger partial charge in [-0.1, -0.05) is 6.07 Å². The van der Waals surface area contributed by atoms with Crippen molar-refractivity contribution < 1.29 is 9.53 Å². The van der Waals surface area contributed by atoms with E-state index in [-0.39, 0.29) is 5.91 Å². The summed E-state index contributed by atoms with van der Waals surface area (Å²) in [6, 6.07) is 7.61. The lowest BCUT2D eigenvalue weighted by atomic mass is 10.1. The minimum absolute atomic E-state index is 0.0716. The monoisotopic (exact) mass is 275 g/mol. The van der Waals surface area contributed by atoms with E-state index in [0.717, 1.165) is 17.4 Å². The standard InChI is InChI=1S/C15H21N3O2/c1-18(2)8-10-20-9-7-17-15(19)13-4-3-12-5-6-16-14(12)11-13/h3-6,11,16H,7-10H2,1-2H3,(H,17,19). The molecule has 0 unspecified atom stereocenters. The van der Waals surface area contributed by atoms with Gasteiger partial charge in [0.1, 0.15) is 0 Å². The molecule has 0 saturated carbocycles. The Morgan fingerprint density at radius 1 is 1.30 bits per heavy atom. The van der Waals surface area contributed by atoms with Crippen molar-refractivity contribution in [2.45, 2.75) is 0 Å². The lowest BCUT2D eigenvalue weighted by Crippen LogP contribution is -2.28. The molecule has 0 fully saturated rings. The second-order valence-electron chi connectivity index (χ2n) is 4.95. The molecular formula is C15H21N3O2. The second kappa shape index (κ2) is 7.07. The van der Waals surface area contributed by atoms with Crippen LogP contribution in [0.3, 0.4) is 0 Å². The van der Waals surface area contributed by atoms with Gasteiger partial charge in [-0.15, -0.1) is 0 Å². The quantitative estimate of drug-likeness (QED) is 0.752. The van der Waals surface area contributed by atoms with Crippen molar-refractivity contribution in [3.63, 3.8) is 0 Å². The minimum Gasteiger partial charge on any atom is -0.378 e. The highest BCUT2D eigenvalue weighted by atomic mass is 16.5. The summed E-state index contributed by atoms with van der Waals surface area (Å²) in [5, 5.41) is 3.96. The molecule has 0 atom stereocenters. The number of likely N-dealkylation sites (N-methyl/N-ethyl adjacent to an activating group) is 1. The number of carbonyl (C=O) groups excluding carboxylic acids is 1. The first-order valence-corrected chi connectivity index (χ1v) is 6.74. The van der Waals surface area contributed by atoms with Crippen molar-refractivity contribution in [3.05, 3.63) is 36.0 Å². The number of hydrogen-bond acceptors (Lipinski definition) is 3. The van der Waals surface area contributed by atoms with Crippen LogP contribution in [0.1, 0.15) is 10.4 Å². The zero-order valence-corrected chi connectivity index (χ0v) is 12.0. The van der Waals surface area contributed by atoms with Gasteiger partial charge in [-0.05, 0) is 37.7 Å². The summed E-state index contributed by atoms with van der Waals surface area (Å²) < 4.78 is 5.43. The Kier molecular flexibility index (Phi) is 5.15. The first-order chi connectivity index (χ1) is 9.66. The zero-order valence-electron chi connectivity index (χ0n) is 12.0. The molecule has 0 aliphatic carbocycles. The lowest BCUT2D eigenvalue weighted by Gasteiger charge is -2.10. The molecule has 0 radical (unpaired) electrons. The average molecular weight is 275 g/mol. The average Bonchev–Trinajstić information content (AvgIpc) is 2.89. The Morgan fingerprint density at radius 2 is 2.15 bits per heavy atom. The van der Waals surface area contributed by atoms with Crippen molar-refractivity contribution in [3.8, 4) is 0 Å². The molecule has 0 aliphatic rings. The Labute approximate surface area is 118 Å². The highest BCUT2D eigenvalue weighted by molar-refractivity contribution is 5.97. The fraction of sp³-hybridized carbons (Fsp3) is 0.400. The van der Waals surface area contributed by atoms with E-state index < -0.39 is 0 Å². The Bertz CT molecular complexity index is 563. The topological polar surface area (TPSA) is 57.4 Å². The minimum atomic E-state index is -0.0716. The molecular weight excluding hydrogens is 254 g/mol. The first kappa shape index (κ1) is 14.6. The number of ether oxygens (including phenoxy) is 1. The van der Waals surface area contributed by atoms with Crippen LogP contribution in [0.25, 0.3) is 10.9 Å². The molecule has 2 rings (SSSR count). The Balaban J connectivity index is 1.74. The summed E-state index contributed by atoms with van der Waals surface area (Å²) in [5.74, 6) is -0.0716. The van der Waals surface area contributed by atoms with Crippen molar-refractivity contribution in [2.75, 3.05) is 40.4 Å². The fourth-order valence-corrected chi connectivity index (χ4v) is 1.88. The molecule has 2 N–H and O–H groups in total. The predicted molar refractivity (Wildman–Crippen MR) is 80.0 cm³/mol. The number of nitrogens with one attached hydrogen (secondary N) is 2. The molecule has 20 heavy (non-hydrogen) atoms. The normalized spacial score (nSPS) is 11.2. The third kappa shape index (κ3) is 4.08. The molecule has 0 spiro atoms. The molecule has 5 heteroatoms. The molecule has 0 aliphatic heterocycles. The molecule has 1 heterocycles. The van der Waals surface area contributed by atoms with Crippen LogP contribution < -0.4 is 5.32 Å². The fourth-order valence-electron chi connectivity index (χ4n) is 1.88. The van der Waals surface area contributed by atoms with Crippen LogP contribution in [0.5, 0.6) is 0 Å².